The maximum atomic E-state index is 12.7. The molecule has 0 saturated heterocycles. The summed E-state index contributed by atoms with van der Waals surface area (Å²) in [6.45, 7) is 6.96. The molecule has 6 heteroatoms. The Kier molecular flexibility index (Phi) is 5.96. The van der Waals surface area contributed by atoms with Crippen LogP contribution >= 0.6 is 0 Å². The second-order valence-corrected chi connectivity index (χ2v) is 6.28. The number of imidazole rings is 1. The van der Waals surface area contributed by atoms with Crippen LogP contribution in [0.3, 0.4) is 0 Å². The summed E-state index contributed by atoms with van der Waals surface area (Å²) in [6, 6.07) is 12.8. The summed E-state index contributed by atoms with van der Waals surface area (Å²) in [5, 5.41) is 2.98. The molecular formula is C21H25N3O3. The number of H-pyrrole nitrogens is 1. The van der Waals surface area contributed by atoms with Gasteiger partial charge in [0.25, 0.3) is 5.91 Å². The van der Waals surface area contributed by atoms with E-state index in [2.05, 4.69) is 15.3 Å². The fraction of sp³-hybridized carbons (Fsp3) is 0.333. The summed E-state index contributed by atoms with van der Waals surface area (Å²) in [7, 11) is 0. The Morgan fingerprint density at radius 1 is 1.15 bits per heavy atom. The maximum Gasteiger partial charge on any atom is 0.251 e. The highest BCUT2D eigenvalue weighted by Gasteiger charge is 2.17. The van der Waals surface area contributed by atoms with Crippen molar-refractivity contribution in [2.24, 2.45) is 0 Å². The highest BCUT2D eigenvalue weighted by Crippen LogP contribution is 2.29. The van der Waals surface area contributed by atoms with Gasteiger partial charge in [0.2, 0.25) is 0 Å². The third-order valence-corrected chi connectivity index (χ3v) is 4.13. The predicted molar refractivity (Wildman–Crippen MR) is 105 cm³/mol. The van der Waals surface area contributed by atoms with Gasteiger partial charge < -0.3 is 19.8 Å². The molecule has 1 heterocycles. The number of hydrogen-bond donors (Lipinski definition) is 2. The topological polar surface area (TPSA) is 76.2 Å². The zero-order valence-corrected chi connectivity index (χ0v) is 15.9. The van der Waals surface area contributed by atoms with Crippen LogP contribution in [-0.4, -0.2) is 29.1 Å². The van der Waals surface area contributed by atoms with Gasteiger partial charge in [0.1, 0.15) is 5.82 Å². The average Bonchev–Trinajstić information content (AvgIpc) is 3.11. The average molecular weight is 367 g/mol. The van der Waals surface area contributed by atoms with Crippen molar-refractivity contribution in [1.82, 2.24) is 15.3 Å². The van der Waals surface area contributed by atoms with Crippen LogP contribution in [0.2, 0.25) is 0 Å². The van der Waals surface area contributed by atoms with E-state index < -0.39 is 0 Å². The molecule has 27 heavy (non-hydrogen) atoms. The number of para-hydroxylation sites is 2. The molecule has 0 bridgehead atoms. The number of aromatic nitrogens is 2. The van der Waals surface area contributed by atoms with Gasteiger partial charge in [-0.3, -0.25) is 4.79 Å². The lowest BCUT2D eigenvalue weighted by molar-refractivity contribution is 0.0938. The van der Waals surface area contributed by atoms with Crippen molar-refractivity contribution >= 4 is 16.9 Å². The van der Waals surface area contributed by atoms with Crippen LogP contribution in [0, 0.1) is 0 Å². The third kappa shape index (κ3) is 4.39. The van der Waals surface area contributed by atoms with E-state index >= 15 is 0 Å². The first-order valence-electron chi connectivity index (χ1n) is 9.27. The molecule has 3 rings (SSSR count). The number of ether oxygens (including phenoxy) is 2. The predicted octanol–water partition coefficient (Wildman–Crippen LogP) is 4.24. The summed E-state index contributed by atoms with van der Waals surface area (Å²) in [4.78, 5) is 20.5. The molecular weight excluding hydrogens is 342 g/mol. The number of nitrogens with one attached hydrogen (secondary N) is 2. The standard InChI is InChI=1S/C21H25N3O3/c1-4-12-27-18-11-10-15(13-19(18)26-5-2)21(25)22-14(3)20-23-16-8-6-7-9-17(16)24-20/h6-11,13-14H,4-5,12H2,1-3H3,(H,22,25)(H,23,24). The molecule has 0 spiro atoms. The second-order valence-electron chi connectivity index (χ2n) is 6.28. The lowest BCUT2D eigenvalue weighted by Gasteiger charge is -2.15. The Morgan fingerprint density at radius 3 is 2.70 bits per heavy atom. The first-order valence-corrected chi connectivity index (χ1v) is 9.27. The van der Waals surface area contributed by atoms with E-state index in [9.17, 15) is 4.79 Å². The number of nitrogens with zero attached hydrogens (tertiary/aromatic N) is 1. The fourth-order valence-corrected chi connectivity index (χ4v) is 2.77. The van der Waals surface area contributed by atoms with Gasteiger partial charge in [-0.25, -0.2) is 4.98 Å². The number of benzene rings is 2. The number of hydrogen-bond acceptors (Lipinski definition) is 4. The Labute approximate surface area is 158 Å². The molecule has 1 amide bonds. The van der Waals surface area contributed by atoms with Crippen LogP contribution in [0.5, 0.6) is 11.5 Å². The first-order chi connectivity index (χ1) is 13.1. The van der Waals surface area contributed by atoms with Crippen molar-refractivity contribution in [3.8, 4) is 11.5 Å². The lowest BCUT2D eigenvalue weighted by Crippen LogP contribution is -2.27. The van der Waals surface area contributed by atoms with E-state index in [4.69, 9.17) is 9.47 Å². The molecule has 0 fully saturated rings. The summed E-state index contributed by atoms with van der Waals surface area (Å²) in [6.07, 6.45) is 0.906. The Bertz CT molecular complexity index is 887. The second kappa shape index (κ2) is 8.58. The summed E-state index contributed by atoms with van der Waals surface area (Å²) < 4.78 is 11.3. The van der Waals surface area contributed by atoms with E-state index in [0.29, 0.717) is 30.3 Å². The molecule has 1 aromatic heterocycles. The zero-order valence-electron chi connectivity index (χ0n) is 15.9. The van der Waals surface area contributed by atoms with Gasteiger partial charge in [-0.05, 0) is 50.6 Å². The van der Waals surface area contributed by atoms with Gasteiger partial charge in [-0.15, -0.1) is 0 Å². The number of amides is 1. The van der Waals surface area contributed by atoms with Crippen LogP contribution < -0.4 is 14.8 Å². The summed E-state index contributed by atoms with van der Waals surface area (Å²) >= 11 is 0. The smallest absolute Gasteiger partial charge is 0.251 e. The normalized spacial score (nSPS) is 12.0. The van der Waals surface area contributed by atoms with E-state index in [1.807, 2.05) is 45.0 Å². The Morgan fingerprint density at radius 2 is 1.96 bits per heavy atom. The van der Waals surface area contributed by atoms with Crippen LogP contribution in [0.25, 0.3) is 11.0 Å². The van der Waals surface area contributed by atoms with Crippen molar-refractivity contribution in [2.45, 2.75) is 33.2 Å². The van der Waals surface area contributed by atoms with Crippen LogP contribution in [0.15, 0.2) is 42.5 Å². The number of carbonyl (C=O) groups excluding carboxylic acids is 1. The summed E-state index contributed by atoms with van der Waals surface area (Å²) in [5.74, 6) is 1.76. The van der Waals surface area contributed by atoms with Gasteiger partial charge in [0.15, 0.2) is 11.5 Å². The van der Waals surface area contributed by atoms with Crippen LogP contribution in [0.1, 0.15) is 49.4 Å². The van der Waals surface area contributed by atoms with E-state index in [1.165, 1.54) is 0 Å². The number of carbonyl (C=O) groups is 1. The van der Waals surface area contributed by atoms with Crippen molar-refractivity contribution in [3.05, 3.63) is 53.9 Å². The van der Waals surface area contributed by atoms with Crippen LogP contribution in [-0.2, 0) is 0 Å². The molecule has 0 saturated carbocycles. The minimum atomic E-state index is -0.253. The highest BCUT2D eigenvalue weighted by molar-refractivity contribution is 5.95. The Balaban J connectivity index is 1.75. The van der Waals surface area contributed by atoms with E-state index in [-0.39, 0.29) is 11.9 Å². The van der Waals surface area contributed by atoms with Crippen molar-refractivity contribution in [1.29, 1.82) is 0 Å². The van der Waals surface area contributed by atoms with Crippen LogP contribution in [0.4, 0.5) is 0 Å². The molecule has 6 nitrogen and oxygen atoms in total. The molecule has 2 aromatic carbocycles. The molecule has 0 aliphatic rings. The molecule has 0 aliphatic carbocycles. The molecule has 3 aromatic rings. The molecule has 1 atom stereocenters. The van der Waals surface area contributed by atoms with Gasteiger partial charge >= 0.3 is 0 Å². The third-order valence-electron chi connectivity index (χ3n) is 4.13. The van der Waals surface area contributed by atoms with Crippen molar-refractivity contribution in [2.75, 3.05) is 13.2 Å². The maximum absolute atomic E-state index is 12.7. The SMILES string of the molecule is CCCOc1ccc(C(=O)NC(C)c2nc3ccccc3[nH]2)cc1OCC. The number of rotatable bonds is 8. The quantitative estimate of drug-likeness (QED) is 0.624. The molecule has 1 unspecified atom stereocenters. The van der Waals surface area contributed by atoms with Gasteiger partial charge in [0.05, 0.1) is 30.3 Å². The molecule has 2 N–H and O–H groups in total. The molecule has 142 valence electrons. The largest absolute Gasteiger partial charge is 0.490 e. The number of aromatic amines is 1. The fourth-order valence-electron chi connectivity index (χ4n) is 2.77. The van der Waals surface area contributed by atoms with Gasteiger partial charge in [-0.2, -0.15) is 0 Å². The monoisotopic (exact) mass is 367 g/mol. The Hall–Kier alpha value is -3.02. The lowest BCUT2D eigenvalue weighted by atomic mass is 10.1. The van der Waals surface area contributed by atoms with Gasteiger partial charge in [0, 0.05) is 5.56 Å². The summed E-state index contributed by atoms with van der Waals surface area (Å²) in [5.41, 5.74) is 2.35. The minimum absolute atomic E-state index is 0.189. The van der Waals surface area contributed by atoms with Gasteiger partial charge in [-0.1, -0.05) is 19.1 Å². The molecule has 0 radical (unpaired) electrons. The number of fused-ring (bicyclic) bond motifs is 1. The van der Waals surface area contributed by atoms with Crippen molar-refractivity contribution < 1.29 is 14.3 Å². The highest BCUT2D eigenvalue weighted by atomic mass is 16.5. The zero-order chi connectivity index (χ0) is 19.2. The van der Waals surface area contributed by atoms with E-state index in [1.54, 1.807) is 18.2 Å². The first kappa shape index (κ1) is 18.8. The van der Waals surface area contributed by atoms with Crippen molar-refractivity contribution in [3.63, 3.8) is 0 Å². The minimum Gasteiger partial charge on any atom is -0.490 e. The molecule has 0 aliphatic heterocycles. The van der Waals surface area contributed by atoms with E-state index in [0.717, 1.165) is 23.3 Å².